The normalized spacial score (nSPS) is 12.4. The van der Waals surface area contributed by atoms with Gasteiger partial charge in [-0.2, -0.15) is 0 Å². The average molecular weight is 244 g/mol. The lowest BCUT2D eigenvalue weighted by Crippen LogP contribution is -2.04. The van der Waals surface area contributed by atoms with Crippen molar-refractivity contribution in [3.05, 3.63) is 70.5 Å². The van der Waals surface area contributed by atoms with Gasteiger partial charge in [0.25, 0.3) is 0 Å². The lowest BCUT2D eigenvalue weighted by Gasteiger charge is -2.14. The Kier molecular flexibility index (Phi) is 3.78. The molecule has 0 bridgehead atoms. The van der Waals surface area contributed by atoms with E-state index in [0.29, 0.717) is 6.42 Å². The van der Waals surface area contributed by atoms with Gasteiger partial charge in [-0.25, -0.2) is 4.39 Å². The number of rotatable bonds is 3. The Morgan fingerprint density at radius 1 is 1.11 bits per heavy atom. The topological polar surface area (TPSA) is 20.2 Å². The Morgan fingerprint density at radius 2 is 1.89 bits per heavy atom. The Morgan fingerprint density at radius 3 is 2.56 bits per heavy atom. The van der Waals surface area contributed by atoms with Gasteiger partial charge in [0.05, 0.1) is 6.10 Å². The van der Waals surface area contributed by atoms with E-state index in [2.05, 4.69) is 0 Å². The molecule has 0 fully saturated rings. The molecule has 1 atom stereocenters. The number of aryl methyl sites for hydroxylation is 2. The maximum Gasteiger partial charge on any atom is 0.123 e. The summed E-state index contributed by atoms with van der Waals surface area (Å²) in [4.78, 5) is 0. The van der Waals surface area contributed by atoms with E-state index in [1.807, 2.05) is 38.1 Å². The fourth-order valence-electron chi connectivity index (χ4n) is 2.20. The monoisotopic (exact) mass is 244 g/mol. The predicted molar refractivity (Wildman–Crippen MR) is 71.0 cm³/mol. The molecule has 2 rings (SSSR count). The fourth-order valence-corrected chi connectivity index (χ4v) is 2.20. The summed E-state index contributed by atoms with van der Waals surface area (Å²) in [7, 11) is 0. The zero-order valence-electron chi connectivity index (χ0n) is 10.7. The van der Waals surface area contributed by atoms with Gasteiger partial charge >= 0.3 is 0 Å². The molecule has 18 heavy (non-hydrogen) atoms. The minimum Gasteiger partial charge on any atom is -0.388 e. The van der Waals surface area contributed by atoms with Crippen molar-refractivity contribution in [1.82, 2.24) is 0 Å². The average Bonchev–Trinajstić information content (AvgIpc) is 2.28. The van der Waals surface area contributed by atoms with Crippen LogP contribution >= 0.6 is 0 Å². The molecule has 0 amide bonds. The van der Waals surface area contributed by atoms with Crippen molar-refractivity contribution in [2.45, 2.75) is 26.4 Å². The van der Waals surface area contributed by atoms with Crippen LogP contribution in [0.3, 0.4) is 0 Å². The first-order valence-electron chi connectivity index (χ1n) is 6.06. The van der Waals surface area contributed by atoms with Crippen LogP contribution in [0.25, 0.3) is 0 Å². The van der Waals surface area contributed by atoms with Crippen molar-refractivity contribution in [2.24, 2.45) is 0 Å². The van der Waals surface area contributed by atoms with Crippen LogP contribution in [0.15, 0.2) is 42.5 Å². The molecule has 0 aliphatic rings. The van der Waals surface area contributed by atoms with Gasteiger partial charge in [0, 0.05) is 6.42 Å². The third-order valence-corrected chi connectivity index (χ3v) is 3.10. The molecule has 1 nitrogen and oxygen atoms in total. The largest absolute Gasteiger partial charge is 0.388 e. The van der Waals surface area contributed by atoms with Gasteiger partial charge in [0.2, 0.25) is 0 Å². The van der Waals surface area contributed by atoms with Crippen molar-refractivity contribution < 1.29 is 9.50 Å². The van der Waals surface area contributed by atoms with Crippen LogP contribution in [0.4, 0.5) is 4.39 Å². The highest BCUT2D eigenvalue weighted by Gasteiger charge is 2.11. The molecule has 0 aliphatic carbocycles. The van der Waals surface area contributed by atoms with Crippen molar-refractivity contribution in [2.75, 3.05) is 0 Å². The summed E-state index contributed by atoms with van der Waals surface area (Å²) in [6.45, 7) is 4.01. The zero-order valence-corrected chi connectivity index (χ0v) is 10.7. The van der Waals surface area contributed by atoms with E-state index in [-0.39, 0.29) is 5.82 Å². The van der Waals surface area contributed by atoms with Crippen LogP contribution in [0.1, 0.15) is 28.4 Å². The third kappa shape index (κ3) is 2.96. The Labute approximate surface area is 107 Å². The summed E-state index contributed by atoms with van der Waals surface area (Å²) in [6, 6.07) is 12.3. The molecule has 0 spiro atoms. The van der Waals surface area contributed by atoms with Crippen molar-refractivity contribution in [1.29, 1.82) is 0 Å². The second-order valence-electron chi connectivity index (χ2n) is 4.71. The molecule has 0 aliphatic heterocycles. The standard InChI is InChI=1S/C16H17FO/c1-11-6-7-15(12(2)8-11)16(18)10-13-4-3-5-14(17)9-13/h3-9,16,18H,10H2,1-2H3. The zero-order chi connectivity index (χ0) is 13.1. The smallest absolute Gasteiger partial charge is 0.123 e. The minimum absolute atomic E-state index is 0.264. The number of halogens is 1. The summed E-state index contributed by atoms with van der Waals surface area (Å²) in [6.07, 6.45) is -0.158. The summed E-state index contributed by atoms with van der Waals surface area (Å²) in [5, 5.41) is 10.2. The van der Waals surface area contributed by atoms with Crippen molar-refractivity contribution >= 4 is 0 Å². The number of aliphatic hydroxyl groups excluding tert-OH is 1. The molecule has 0 saturated carbocycles. The van der Waals surface area contributed by atoms with Crippen LogP contribution in [0, 0.1) is 19.7 Å². The molecule has 0 heterocycles. The van der Waals surface area contributed by atoms with Gasteiger partial charge in [0.1, 0.15) is 5.82 Å². The highest BCUT2D eigenvalue weighted by molar-refractivity contribution is 5.33. The molecular formula is C16H17FO. The first-order valence-corrected chi connectivity index (χ1v) is 6.06. The Hall–Kier alpha value is -1.67. The first kappa shape index (κ1) is 12.8. The lowest BCUT2D eigenvalue weighted by atomic mass is 9.96. The van der Waals surface area contributed by atoms with Gasteiger partial charge < -0.3 is 5.11 Å². The van der Waals surface area contributed by atoms with Gasteiger partial charge in [-0.05, 0) is 42.7 Å². The van der Waals surface area contributed by atoms with Crippen molar-refractivity contribution in [3.63, 3.8) is 0 Å². The maximum atomic E-state index is 13.1. The second-order valence-corrected chi connectivity index (χ2v) is 4.71. The highest BCUT2D eigenvalue weighted by atomic mass is 19.1. The molecule has 2 aromatic carbocycles. The van der Waals surface area contributed by atoms with Crippen LogP contribution in [-0.2, 0) is 6.42 Å². The molecule has 2 aromatic rings. The number of hydrogen-bond acceptors (Lipinski definition) is 1. The summed E-state index contributed by atoms with van der Waals surface area (Å²) < 4.78 is 13.1. The summed E-state index contributed by atoms with van der Waals surface area (Å²) >= 11 is 0. The number of aliphatic hydroxyl groups is 1. The molecule has 1 N–H and O–H groups in total. The molecule has 0 aromatic heterocycles. The van der Waals surface area contributed by atoms with Crippen LogP contribution in [0.2, 0.25) is 0 Å². The summed E-state index contributed by atoms with van der Waals surface area (Å²) in [5.41, 5.74) is 3.96. The van der Waals surface area contributed by atoms with Crippen LogP contribution < -0.4 is 0 Å². The van der Waals surface area contributed by atoms with E-state index in [1.165, 1.54) is 17.7 Å². The SMILES string of the molecule is Cc1ccc(C(O)Cc2cccc(F)c2)c(C)c1. The van der Waals surface area contributed by atoms with Crippen LogP contribution in [0.5, 0.6) is 0 Å². The van der Waals surface area contributed by atoms with E-state index in [9.17, 15) is 9.50 Å². The number of benzene rings is 2. The minimum atomic E-state index is -0.590. The van der Waals surface area contributed by atoms with Gasteiger partial charge in [-0.1, -0.05) is 35.9 Å². The number of hydrogen-bond donors (Lipinski definition) is 1. The van der Waals surface area contributed by atoms with E-state index in [1.54, 1.807) is 6.07 Å². The highest BCUT2D eigenvalue weighted by Crippen LogP contribution is 2.22. The van der Waals surface area contributed by atoms with E-state index in [0.717, 1.165) is 16.7 Å². The Balaban J connectivity index is 2.19. The molecule has 94 valence electrons. The predicted octanol–water partition coefficient (Wildman–Crippen LogP) is 3.72. The third-order valence-electron chi connectivity index (χ3n) is 3.10. The fraction of sp³-hybridized carbons (Fsp3) is 0.250. The Bertz CT molecular complexity index is 549. The molecule has 2 heteroatoms. The van der Waals surface area contributed by atoms with Crippen LogP contribution in [-0.4, -0.2) is 5.11 Å². The van der Waals surface area contributed by atoms with Gasteiger partial charge in [-0.15, -0.1) is 0 Å². The quantitative estimate of drug-likeness (QED) is 0.872. The van der Waals surface area contributed by atoms with Crippen molar-refractivity contribution in [3.8, 4) is 0 Å². The molecular weight excluding hydrogens is 227 g/mol. The molecule has 0 saturated heterocycles. The van der Waals surface area contributed by atoms with Gasteiger partial charge in [0.15, 0.2) is 0 Å². The maximum absolute atomic E-state index is 13.1. The summed E-state index contributed by atoms with van der Waals surface area (Å²) in [5.74, 6) is -0.264. The van der Waals surface area contributed by atoms with Gasteiger partial charge in [-0.3, -0.25) is 0 Å². The lowest BCUT2D eigenvalue weighted by molar-refractivity contribution is 0.177. The molecule has 1 unspecified atom stereocenters. The first-order chi connectivity index (χ1) is 8.56. The van der Waals surface area contributed by atoms with E-state index in [4.69, 9.17) is 0 Å². The van der Waals surface area contributed by atoms with E-state index < -0.39 is 6.10 Å². The molecule has 0 radical (unpaired) electrons. The van der Waals surface area contributed by atoms with E-state index >= 15 is 0 Å². The second kappa shape index (κ2) is 5.32.